The average molecular weight is 391 g/mol. The molecule has 0 fully saturated rings. The summed E-state index contributed by atoms with van der Waals surface area (Å²) < 4.78 is 14.4. The Morgan fingerprint density at radius 2 is 1.79 bits per heavy atom. The van der Waals surface area contributed by atoms with Gasteiger partial charge in [0, 0.05) is 11.8 Å². The van der Waals surface area contributed by atoms with Crippen molar-refractivity contribution in [1.29, 1.82) is 0 Å². The van der Waals surface area contributed by atoms with Gasteiger partial charge in [-0.05, 0) is 61.4 Å². The Morgan fingerprint density at radius 3 is 2.46 bits per heavy atom. The molecule has 6 heteroatoms. The number of aryl methyl sites for hydroxylation is 2. The van der Waals surface area contributed by atoms with E-state index >= 15 is 0 Å². The molecule has 0 saturated heterocycles. The summed E-state index contributed by atoms with van der Waals surface area (Å²) in [4.78, 5) is 24.0. The van der Waals surface area contributed by atoms with E-state index in [1.165, 1.54) is 35.6 Å². The highest BCUT2D eigenvalue weighted by molar-refractivity contribution is 7.22. The fraction of sp³-hybridized carbons (Fsp3) is 0.136. The van der Waals surface area contributed by atoms with Crippen molar-refractivity contribution >= 4 is 32.6 Å². The molecule has 28 heavy (non-hydrogen) atoms. The van der Waals surface area contributed by atoms with Crippen LogP contribution in [0.4, 0.5) is 9.52 Å². The van der Waals surface area contributed by atoms with Crippen molar-refractivity contribution in [2.45, 2.75) is 20.4 Å². The van der Waals surface area contributed by atoms with Gasteiger partial charge in [-0.2, -0.15) is 0 Å². The number of hydrogen-bond acceptors (Lipinski definition) is 4. The number of carbonyl (C=O) groups is 1. The van der Waals surface area contributed by atoms with Crippen LogP contribution in [-0.2, 0) is 6.54 Å². The molecule has 2 heterocycles. The lowest BCUT2D eigenvalue weighted by Gasteiger charge is -2.19. The van der Waals surface area contributed by atoms with Crippen molar-refractivity contribution in [2.24, 2.45) is 0 Å². The smallest absolute Gasteiger partial charge is 0.260 e. The fourth-order valence-electron chi connectivity index (χ4n) is 2.99. The van der Waals surface area contributed by atoms with Gasteiger partial charge in [0.05, 0.1) is 22.5 Å². The zero-order valence-corrected chi connectivity index (χ0v) is 16.3. The van der Waals surface area contributed by atoms with Gasteiger partial charge in [0.25, 0.3) is 5.91 Å². The first-order valence-corrected chi connectivity index (χ1v) is 9.68. The monoisotopic (exact) mass is 391 g/mol. The van der Waals surface area contributed by atoms with Crippen molar-refractivity contribution < 1.29 is 9.18 Å². The zero-order chi connectivity index (χ0) is 19.7. The molecular formula is C22H18FN3OS. The van der Waals surface area contributed by atoms with Crippen LogP contribution in [0.5, 0.6) is 0 Å². The van der Waals surface area contributed by atoms with Crippen LogP contribution < -0.4 is 4.90 Å². The molecule has 0 bridgehead atoms. The van der Waals surface area contributed by atoms with E-state index in [1.807, 2.05) is 38.1 Å². The van der Waals surface area contributed by atoms with Gasteiger partial charge in [0.1, 0.15) is 5.82 Å². The molecule has 2 aromatic carbocycles. The molecule has 0 aliphatic carbocycles. The molecule has 0 aliphatic rings. The number of rotatable bonds is 4. The summed E-state index contributed by atoms with van der Waals surface area (Å²) in [5.41, 5.74) is 4.25. The van der Waals surface area contributed by atoms with E-state index in [1.54, 1.807) is 11.1 Å². The van der Waals surface area contributed by atoms with Gasteiger partial charge < -0.3 is 0 Å². The van der Waals surface area contributed by atoms with E-state index < -0.39 is 0 Å². The molecule has 0 saturated carbocycles. The molecular weight excluding hydrogens is 373 g/mol. The Morgan fingerprint density at radius 1 is 1.04 bits per heavy atom. The minimum atomic E-state index is -0.376. The summed E-state index contributed by atoms with van der Waals surface area (Å²) in [6.07, 6.45) is 1.70. The second-order valence-corrected chi connectivity index (χ2v) is 7.57. The van der Waals surface area contributed by atoms with E-state index in [2.05, 4.69) is 11.1 Å². The number of amides is 1. The minimum Gasteiger partial charge on any atom is -0.278 e. The number of anilines is 1. The van der Waals surface area contributed by atoms with Crippen LogP contribution in [0.15, 0.2) is 60.8 Å². The van der Waals surface area contributed by atoms with Crippen LogP contribution in [0.2, 0.25) is 0 Å². The number of fused-ring (bicyclic) bond motifs is 1. The molecule has 0 atom stereocenters. The highest BCUT2D eigenvalue weighted by atomic mass is 32.1. The Kier molecular flexibility index (Phi) is 4.88. The Hall–Kier alpha value is -3.12. The number of benzene rings is 2. The van der Waals surface area contributed by atoms with Gasteiger partial charge in [0.15, 0.2) is 5.13 Å². The highest BCUT2D eigenvalue weighted by Gasteiger charge is 2.23. The first-order valence-electron chi connectivity index (χ1n) is 8.87. The second kappa shape index (κ2) is 7.48. The van der Waals surface area contributed by atoms with E-state index in [9.17, 15) is 9.18 Å². The van der Waals surface area contributed by atoms with Crippen LogP contribution in [-0.4, -0.2) is 15.9 Å². The Balaban J connectivity index is 1.80. The van der Waals surface area contributed by atoms with E-state index in [0.717, 1.165) is 27.0 Å². The third-order valence-electron chi connectivity index (χ3n) is 4.54. The average Bonchev–Trinajstić information content (AvgIpc) is 3.16. The highest BCUT2D eigenvalue weighted by Crippen LogP contribution is 2.34. The predicted molar refractivity (Wildman–Crippen MR) is 110 cm³/mol. The van der Waals surface area contributed by atoms with Gasteiger partial charge >= 0.3 is 0 Å². The maximum Gasteiger partial charge on any atom is 0.260 e. The van der Waals surface area contributed by atoms with E-state index in [-0.39, 0.29) is 18.3 Å². The lowest BCUT2D eigenvalue weighted by Crippen LogP contribution is -2.30. The van der Waals surface area contributed by atoms with Gasteiger partial charge in [-0.15, -0.1) is 0 Å². The lowest BCUT2D eigenvalue weighted by molar-refractivity contribution is 0.0985. The number of thiazole rings is 1. The van der Waals surface area contributed by atoms with Gasteiger partial charge in [-0.1, -0.05) is 29.5 Å². The van der Waals surface area contributed by atoms with Crippen molar-refractivity contribution in [3.05, 3.63) is 89.0 Å². The number of pyridine rings is 1. The normalized spacial score (nSPS) is 11.0. The molecule has 0 unspecified atom stereocenters. The topological polar surface area (TPSA) is 46.1 Å². The lowest BCUT2D eigenvalue weighted by atomic mass is 10.1. The summed E-state index contributed by atoms with van der Waals surface area (Å²) >= 11 is 1.48. The SMILES string of the molecule is Cc1ccc(C)c2sc(N(Cc3ccccn3)C(=O)c3ccc(F)cc3)nc12. The molecule has 0 spiro atoms. The number of halogens is 1. The summed E-state index contributed by atoms with van der Waals surface area (Å²) in [6.45, 7) is 4.33. The third kappa shape index (κ3) is 3.51. The Labute approximate surface area is 166 Å². The third-order valence-corrected chi connectivity index (χ3v) is 5.76. The largest absolute Gasteiger partial charge is 0.278 e. The molecule has 4 rings (SSSR count). The molecule has 0 radical (unpaired) electrons. The maximum atomic E-state index is 13.3. The predicted octanol–water partition coefficient (Wildman–Crippen LogP) is 5.29. The fourth-order valence-corrected chi connectivity index (χ4v) is 4.10. The first-order chi connectivity index (χ1) is 13.5. The van der Waals surface area contributed by atoms with Crippen LogP contribution in [0.1, 0.15) is 27.2 Å². The van der Waals surface area contributed by atoms with Gasteiger partial charge in [0.2, 0.25) is 0 Å². The molecule has 1 amide bonds. The van der Waals surface area contributed by atoms with Crippen LogP contribution in [0, 0.1) is 19.7 Å². The van der Waals surface area contributed by atoms with Crippen LogP contribution in [0.3, 0.4) is 0 Å². The van der Waals surface area contributed by atoms with Crippen molar-refractivity contribution in [3.8, 4) is 0 Å². The van der Waals surface area contributed by atoms with Crippen molar-refractivity contribution in [1.82, 2.24) is 9.97 Å². The standard InChI is InChI=1S/C22H18FN3OS/c1-14-6-7-15(2)20-19(14)25-22(28-20)26(13-18-5-3-4-12-24-18)21(27)16-8-10-17(23)11-9-16/h3-12H,13H2,1-2H3. The summed E-state index contributed by atoms with van der Waals surface area (Å²) in [5, 5.41) is 0.604. The summed E-state index contributed by atoms with van der Waals surface area (Å²) in [7, 11) is 0. The molecule has 4 nitrogen and oxygen atoms in total. The number of carbonyl (C=O) groups excluding carboxylic acids is 1. The van der Waals surface area contributed by atoms with E-state index in [4.69, 9.17) is 4.98 Å². The van der Waals surface area contributed by atoms with Crippen molar-refractivity contribution in [2.75, 3.05) is 4.90 Å². The van der Waals surface area contributed by atoms with Gasteiger partial charge in [-0.25, -0.2) is 9.37 Å². The second-order valence-electron chi connectivity index (χ2n) is 6.59. The molecule has 0 N–H and O–H groups in total. The van der Waals surface area contributed by atoms with Crippen LogP contribution >= 0.6 is 11.3 Å². The summed E-state index contributed by atoms with van der Waals surface area (Å²) in [5.74, 6) is -0.612. The van der Waals surface area contributed by atoms with Gasteiger partial charge in [-0.3, -0.25) is 14.7 Å². The maximum absolute atomic E-state index is 13.3. The zero-order valence-electron chi connectivity index (χ0n) is 15.5. The number of nitrogens with zero attached hydrogens (tertiary/aromatic N) is 3. The van der Waals surface area contributed by atoms with Crippen molar-refractivity contribution in [3.63, 3.8) is 0 Å². The van der Waals surface area contributed by atoms with Crippen LogP contribution in [0.25, 0.3) is 10.2 Å². The summed E-state index contributed by atoms with van der Waals surface area (Å²) in [6, 6.07) is 15.2. The number of aromatic nitrogens is 2. The number of hydrogen-bond donors (Lipinski definition) is 0. The van der Waals surface area contributed by atoms with E-state index in [0.29, 0.717) is 10.7 Å². The molecule has 4 aromatic rings. The quantitative estimate of drug-likeness (QED) is 0.475. The Bertz CT molecular complexity index is 1100. The molecule has 0 aliphatic heterocycles. The first kappa shape index (κ1) is 18.3. The molecule has 140 valence electrons. The minimum absolute atomic E-state index is 0.236. The molecule has 2 aromatic heterocycles.